The molecule has 1 aromatic heterocycles. The molecule has 0 spiro atoms. The highest BCUT2D eigenvalue weighted by atomic mass is 35.5. The molecule has 0 aliphatic carbocycles. The average molecular weight is 230 g/mol. The van der Waals surface area contributed by atoms with Gasteiger partial charge < -0.3 is 5.73 Å². The van der Waals surface area contributed by atoms with Crippen LogP contribution in [0.3, 0.4) is 0 Å². The van der Waals surface area contributed by atoms with E-state index in [4.69, 9.17) is 17.3 Å². The largest absolute Gasteiger partial charge is 0.397 e. The molecule has 0 unspecified atom stereocenters. The van der Waals surface area contributed by atoms with E-state index in [1.165, 1.54) is 0 Å². The van der Waals surface area contributed by atoms with Gasteiger partial charge in [0.15, 0.2) is 0 Å². The molecule has 0 radical (unpaired) electrons. The number of nitrogens with two attached hydrogens (primary N) is 1. The van der Waals surface area contributed by atoms with Crippen LogP contribution < -0.4 is 5.73 Å². The predicted molar refractivity (Wildman–Crippen MR) is 66.5 cm³/mol. The van der Waals surface area contributed by atoms with E-state index in [1.807, 2.05) is 24.3 Å². The monoisotopic (exact) mass is 229 g/mol. The molecule has 1 heterocycles. The third-order valence-electron chi connectivity index (χ3n) is 2.46. The lowest BCUT2D eigenvalue weighted by Gasteiger charge is -2.03. The number of hydrogen-bond donors (Lipinski definition) is 1. The summed E-state index contributed by atoms with van der Waals surface area (Å²) in [7, 11) is 0. The van der Waals surface area contributed by atoms with E-state index in [0.717, 1.165) is 22.1 Å². The van der Waals surface area contributed by atoms with Crippen LogP contribution in [0.25, 0.3) is 22.1 Å². The highest BCUT2D eigenvalue weighted by Crippen LogP contribution is 2.25. The summed E-state index contributed by atoms with van der Waals surface area (Å²) in [5, 5.41) is 0.511. The molecule has 78 valence electrons. The second-order valence-electron chi connectivity index (χ2n) is 3.57. The van der Waals surface area contributed by atoms with Crippen molar-refractivity contribution in [1.82, 2.24) is 9.97 Å². The Kier molecular flexibility index (Phi) is 1.94. The Morgan fingerprint density at radius 2 is 1.44 bits per heavy atom. The average Bonchev–Trinajstić information content (AvgIpc) is 2.28. The van der Waals surface area contributed by atoms with Gasteiger partial charge in [-0.05, 0) is 24.3 Å². The molecule has 3 aromatic rings. The van der Waals surface area contributed by atoms with Crippen LogP contribution in [0.1, 0.15) is 0 Å². The number of anilines is 1. The maximum absolute atomic E-state index is 5.95. The van der Waals surface area contributed by atoms with E-state index in [1.54, 1.807) is 12.1 Å². The molecule has 0 saturated carbocycles. The number of nitrogens with zero attached hydrogens (tertiary/aromatic N) is 2. The Labute approximate surface area is 96.9 Å². The molecule has 0 aliphatic rings. The lowest BCUT2D eigenvalue weighted by Crippen LogP contribution is -1.91. The van der Waals surface area contributed by atoms with E-state index in [2.05, 4.69) is 9.97 Å². The minimum atomic E-state index is 0.511. The summed E-state index contributed by atoms with van der Waals surface area (Å²) in [5.74, 6) is 0. The van der Waals surface area contributed by atoms with Crippen LogP contribution in [0.4, 0.5) is 5.69 Å². The first kappa shape index (κ1) is 9.36. The van der Waals surface area contributed by atoms with Gasteiger partial charge in [-0.2, -0.15) is 0 Å². The van der Waals surface area contributed by atoms with Crippen molar-refractivity contribution in [3.05, 3.63) is 41.4 Å². The number of para-hydroxylation sites is 2. The number of rotatable bonds is 0. The van der Waals surface area contributed by atoms with Crippen LogP contribution in [0.5, 0.6) is 0 Å². The molecule has 16 heavy (non-hydrogen) atoms. The molecule has 3 nitrogen and oxygen atoms in total. The van der Waals surface area contributed by atoms with Crippen LogP contribution in [0.15, 0.2) is 36.4 Å². The minimum Gasteiger partial charge on any atom is -0.397 e. The lowest BCUT2D eigenvalue weighted by molar-refractivity contribution is 1.39. The van der Waals surface area contributed by atoms with Crippen molar-refractivity contribution in [3.63, 3.8) is 0 Å². The summed E-state index contributed by atoms with van der Waals surface area (Å²) in [4.78, 5) is 8.96. The van der Waals surface area contributed by atoms with Crippen LogP contribution in [0, 0.1) is 0 Å². The van der Waals surface area contributed by atoms with Crippen LogP contribution >= 0.6 is 11.6 Å². The predicted octanol–water partition coefficient (Wildman–Crippen LogP) is 3.02. The summed E-state index contributed by atoms with van der Waals surface area (Å²) in [6.07, 6.45) is 0. The van der Waals surface area contributed by atoms with Crippen molar-refractivity contribution in [1.29, 1.82) is 0 Å². The molecule has 0 amide bonds. The highest BCUT2D eigenvalue weighted by molar-refractivity contribution is 6.33. The number of nitrogen functional groups attached to an aromatic ring is 1. The minimum absolute atomic E-state index is 0.511. The number of halogens is 1. The molecule has 0 atom stereocenters. The van der Waals surface area contributed by atoms with Crippen molar-refractivity contribution >= 4 is 39.4 Å². The van der Waals surface area contributed by atoms with Gasteiger partial charge >= 0.3 is 0 Å². The van der Waals surface area contributed by atoms with E-state index in [0.29, 0.717) is 10.7 Å². The van der Waals surface area contributed by atoms with Crippen LogP contribution in [-0.2, 0) is 0 Å². The van der Waals surface area contributed by atoms with E-state index >= 15 is 0 Å². The first-order valence-electron chi connectivity index (χ1n) is 4.85. The molecule has 0 fully saturated rings. The molecular formula is C12H8ClN3. The van der Waals surface area contributed by atoms with Crippen molar-refractivity contribution < 1.29 is 0 Å². The summed E-state index contributed by atoms with van der Waals surface area (Å²) < 4.78 is 0. The Bertz CT molecular complexity index is 634. The third-order valence-corrected chi connectivity index (χ3v) is 2.78. The van der Waals surface area contributed by atoms with E-state index in [9.17, 15) is 0 Å². The fourth-order valence-electron chi connectivity index (χ4n) is 1.66. The Hall–Kier alpha value is -1.87. The first-order chi connectivity index (χ1) is 7.74. The smallest absolute Gasteiger partial charge is 0.0916 e. The fourth-order valence-corrected chi connectivity index (χ4v) is 1.82. The summed E-state index contributed by atoms with van der Waals surface area (Å²) in [6, 6.07) is 11.2. The van der Waals surface area contributed by atoms with Gasteiger partial charge in [0.2, 0.25) is 0 Å². The van der Waals surface area contributed by atoms with Crippen molar-refractivity contribution in [2.45, 2.75) is 0 Å². The third kappa shape index (κ3) is 1.37. The second kappa shape index (κ2) is 3.32. The highest BCUT2D eigenvalue weighted by Gasteiger charge is 2.04. The first-order valence-corrected chi connectivity index (χ1v) is 5.23. The molecule has 4 heteroatoms. The maximum atomic E-state index is 5.95. The van der Waals surface area contributed by atoms with Gasteiger partial charge in [-0.25, -0.2) is 9.97 Å². The molecular weight excluding hydrogens is 222 g/mol. The van der Waals surface area contributed by atoms with Gasteiger partial charge in [0.05, 0.1) is 32.8 Å². The zero-order valence-corrected chi connectivity index (χ0v) is 9.07. The zero-order chi connectivity index (χ0) is 11.1. The topological polar surface area (TPSA) is 51.8 Å². The normalized spacial score (nSPS) is 11.1. The molecule has 3 rings (SSSR count). The fraction of sp³-hybridized carbons (Fsp3) is 0. The van der Waals surface area contributed by atoms with E-state index < -0.39 is 0 Å². The lowest BCUT2D eigenvalue weighted by atomic mass is 10.2. The van der Waals surface area contributed by atoms with Gasteiger partial charge in [-0.1, -0.05) is 23.7 Å². The quantitative estimate of drug-likeness (QED) is 0.476. The van der Waals surface area contributed by atoms with Gasteiger partial charge in [0.25, 0.3) is 0 Å². The second-order valence-corrected chi connectivity index (χ2v) is 3.98. The summed E-state index contributed by atoms with van der Waals surface area (Å²) >= 11 is 5.95. The van der Waals surface area contributed by atoms with Gasteiger partial charge in [-0.15, -0.1) is 0 Å². The molecule has 0 saturated heterocycles. The summed E-state index contributed by atoms with van der Waals surface area (Å²) in [6.45, 7) is 0. The van der Waals surface area contributed by atoms with Gasteiger partial charge in [-0.3, -0.25) is 0 Å². The molecule has 0 bridgehead atoms. The number of hydrogen-bond acceptors (Lipinski definition) is 3. The Balaban J connectivity index is 2.46. The van der Waals surface area contributed by atoms with Crippen LogP contribution in [0.2, 0.25) is 5.02 Å². The SMILES string of the molecule is Nc1cc2nc3ccccc3nc2cc1Cl. The van der Waals surface area contributed by atoms with Gasteiger partial charge in [0, 0.05) is 0 Å². The Morgan fingerprint density at radius 3 is 2.06 bits per heavy atom. The van der Waals surface area contributed by atoms with Crippen molar-refractivity contribution in [2.75, 3.05) is 5.73 Å². The maximum Gasteiger partial charge on any atom is 0.0916 e. The molecule has 2 aromatic carbocycles. The standard InChI is InChI=1S/C12H8ClN3/c13-7-5-11-12(6-8(7)14)16-10-4-2-1-3-9(10)15-11/h1-6H,14H2. The number of aromatic nitrogens is 2. The molecule has 0 aliphatic heterocycles. The Morgan fingerprint density at radius 1 is 0.875 bits per heavy atom. The van der Waals surface area contributed by atoms with Crippen LogP contribution in [-0.4, -0.2) is 9.97 Å². The zero-order valence-electron chi connectivity index (χ0n) is 8.31. The molecule has 2 N–H and O–H groups in total. The van der Waals surface area contributed by atoms with Gasteiger partial charge in [0.1, 0.15) is 0 Å². The number of benzene rings is 2. The summed E-state index contributed by atoms with van der Waals surface area (Å²) in [5.41, 5.74) is 9.50. The van der Waals surface area contributed by atoms with E-state index in [-0.39, 0.29) is 0 Å². The van der Waals surface area contributed by atoms with Crippen molar-refractivity contribution in [2.24, 2.45) is 0 Å². The van der Waals surface area contributed by atoms with Crippen molar-refractivity contribution in [3.8, 4) is 0 Å². The number of fused-ring (bicyclic) bond motifs is 2.